The maximum atomic E-state index is 12.8. The Labute approximate surface area is 88.1 Å². The van der Waals surface area contributed by atoms with Crippen LogP contribution in [0.4, 0.5) is 4.39 Å². The quantitative estimate of drug-likeness (QED) is 0.697. The fourth-order valence-corrected chi connectivity index (χ4v) is 2.16. The van der Waals surface area contributed by atoms with Gasteiger partial charge in [-0.05, 0) is 30.0 Å². The lowest BCUT2D eigenvalue weighted by molar-refractivity contribution is -0.144. The molecule has 1 aliphatic carbocycles. The van der Waals surface area contributed by atoms with Gasteiger partial charge in [0.1, 0.15) is 5.82 Å². The summed E-state index contributed by atoms with van der Waals surface area (Å²) in [5, 5.41) is 0. The largest absolute Gasteiger partial charge is 0.468 e. The standard InChI is InChI=1S/C12H13FO2/c1-8-7-12(8,11(14)15-2)9-3-5-10(13)6-4-9/h3-6,8H,7H2,1-2H3. The summed E-state index contributed by atoms with van der Waals surface area (Å²) in [6, 6.07) is 6.08. The van der Waals surface area contributed by atoms with Crippen LogP contribution >= 0.6 is 0 Å². The van der Waals surface area contributed by atoms with Crippen molar-refractivity contribution in [1.29, 1.82) is 0 Å². The molecule has 1 saturated carbocycles. The van der Waals surface area contributed by atoms with E-state index in [0.717, 1.165) is 12.0 Å². The summed E-state index contributed by atoms with van der Waals surface area (Å²) >= 11 is 0. The zero-order chi connectivity index (χ0) is 11.1. The lowest BCUT2D eigenvalue weighted by Gasteiger charge is -2.14. The van der Waals surface area contributed by atoms with Gasteiger partial charge in [-0.15, -0.1) is 0 Å². The molecule has 0 bridgehead atoms. The summed E-state index contributed by atoms with van der Waals surface area (Å²) in [6.45, 7) is 2.00. The predicted octanol–water partition coefficient (Wildman–Crippen LogP) is 2.28. The van der Waals surface area contributed by atoms with E-state index < -0.39 is 5.41 Å². The Kier molecular flexibility index (Phi) is 2.25. The fourth-order valence-electron chi connectivity index (χ4n) is 2.16. The van der Waals surface area contributed by atoms with E-state index in [1.165, 1.54) is 19.2 Å². The third-order valence-corrected chi connectivity index (χ3v) is 3.22. The second-order valence-electron chi connectivity index (χ2n) is 4.07. The molecule has 0 spiro atoms. The monoisotopic (exact) mass is 208 g/mol. The third kappa shape index (κ3) is 1.42. The summed E-state index contributed by atoms with van der Waals surface area (Å²) in [5.41, 5.74) is 0.325. The number of esters is 1. The van der Waals surface area contributed by atoms with E-state index >= 15 is 0 Å². The molecule has 0 heterocycles. The molecule has 1 fully saturated rings. The Balaban J connectivity index is 2.36. The molecule has 1 aromatic rings. The van der Waals surface area contributed by atoms with Crippen molar-refractivity contribution in [3.05, 3.63) is 35.6 Å². The summed E-state index contributed by atoms with van der Waals surface area (Å²) in [7, 11) is 1.39. The molecule has 0 aromatic heterocycles. The van der Waals surface area contributed by atoms with Crippen LogP contribution in [-0.2, 0) is 14.9 Å². The topological polar surface area (TPSA) is 26.3 Å². The normalized spacial score (nSPS) is 28.6. The van der Waals surface area contributed by atoms with Crippen molar-refractivity contribution in [1.82, 2.24) is 0 Å². The van der Waals surface area contributed by atoms with Gasteiger partial charge in [0.2, 0.25) is 0 Å². The van der Waals surface area contributed by atoms with Gasteiger partial charge >= 0.3 is 5.97 Å². The highest BCUT2D eigenvalue weighted by Gasteiger charge is 2.59. The highest BCUT2D eigenvalue weighted by molar-refractivity contribution is 5.87. The molecule has 80 valence electrons. The van der Waals surface area contributed by atoms with Crippen molar-refractivity contribution < 1.29 is 13.9 Å². The van der Waals surface area contributed by atoms with Gasteiger partial charge < -0.3 is 4.74 Å². The lowest BCUT2D eigenvalue weighted by Crippen LogP contribution is -2.23. The van der Waals surface area contributed by atoms with E-state index in [0.29, 0.717) is 0 Å². The predicted molar refractivity (Wildman–Crippen MR) is 53.9 cm³/mol. The van der Waals surface area contributed by atoms with Crippen LogP contribution in [0.5, 0.6) is 0 Å². The number of halogens is 1. The molecule has 2 unspecified atom stereocenters. The molecule has 3 heteroatoms. The summed E-state index contributed by atoms with van der Waals surface area (Å²) in [5.74, 6) is -0.232. The lowest BCUT2D eigenvalue weighted by atomic mass is 9.94. The Bertz CT molecular complexity index is 385. The van der Waals surface area contributed by atoms with Crippen molar-refractivity contribution in [2.75, 3.05) is 7.11 Å². The number of carbonyl (C=O) groups excluding carboxylic acids is 1. The summed E-state index contributed by atoms with van der Waals surface area (Å²) < 4.78 is 17.6. The first-order valence-corrected chi connectivity index (χ1v) is 4.95. The van der Waals surface area contributed by atoms with E-state index in [1.54, 1.807) is 12.1 Å². The van der Waals surface area contributed by atoms with Crippen LogP contribution < -0.4 is 0 Å². The molecule has 0 radical (unpaired) electrons. The van der Waals surface area contributed by atoms with E-state index in [4.69, 9.17) is 4.74 Å². The summed E-state index contributed by atoms with van der Waals surface area (Å²) in [6.07, 6.45) is 0.783. The maximum absolute atomic E-state index is 12.8. The van der Waals surface area contributed by atoms with Gasteiger partial charge in [0, 0.05) is 0 Å². The van der Waals surface area contributed by atoms with Gasteiger partial charge in [0.25, 0.3) is 0 Å². The van der Waals surface area contributed by atoms with Crippen LogP contribution in [0.25, 0.3) is 0 Å². The first-order valence-electron chi connectivity index (χ1n) is 4.95. The number of hydrogen-bond acceptors (Lipinski definition) is 2. The number of hydrogen-bond donors (Lipinski definition) is 0. The van der Waals surface area contributed by atoms with Crippen LogP contribution in [0.2, 0.25) is 0 Å². The van der Waals surface area contributed by atoms with Gasteiger partial charge in [0.05, 0.1) is 12.5 Å². The average Bonchev–Trinajstić information content (AvgIpc) is 2.91. The van der Waals surface area contributed by atoms with Crippen molar-refractivity contribution in [3.63, 3.8) is 0 Å². The zero-order valence-corrected chi connectivity index (χ0v) is 8.79. The molecule has 2 nitrogen and oxygen atoms in total. The summed E-state index contributed by atoms with van der Waals surface area (Å²) in [4.78, 5) is 11.7. The molecule has 1 aliphatic rings. The van der Waals surface area contributed by atoms with Crippen molar-refractivity contribution in [2.45, 2.75) is 18.8 Å². The average molecular weight is 208 g/mol. The highest BCUT2D eigenvalue weighted by Crippen LogP contribution is 2.54. The van der Waals surface area contributed by atoms with E-state index in [2.05, 4.69) is 0 Å². The first-order chi connectivity index (χ1) is 7.11. The minimum Gasteiger partial charge on any atom is -0.468 e. The number of carbonyl (C=O) groups is 1. The van der Waals surface area contributed by atoms with Crippen LogP contribution in [-0.4, -0.2) is 13.1 Å². The molecule has 0 N–H and O–H groups in total. The van der Waals surface area contributed by atoms with E-state index in [1.807, 2.05) is 6.92 Å². The molecular formula is C12H13FO2. The van der Waals surface area contributed by atoms with Gasteiger partial charge in [-0.25, -0.2) is 4.39 Å². The van der Waals surface area contributed by atoms with E-state index in [9.17, 15) is 9.18 Å². The third-order valence-electron chi connectivity index (χ3n) is 3.22. The van der Waals surface area contributed by atoms with Gasteiger partial charge in [0.15, 0.2) is 0 Å². The Morgan fingerprint density at radius 1 is 1.47 bits per heavy atom. The van der Waals surface area contributed by atoms with Crippen LogP contribution in [0, 0.1) is 11.7 Å². The second-order valence-corrected chi connectivity index (χ2v) is 4.07. The molecule has 0 saturated heterocycles. The number of benzene rings is 1. The highest BCUT2D eigenvalue weighted by atomic mass is 19.1. The Hall–Kier alpha value is -1.38. The molecule has 0 aliphatic heterocycles. The Morgan fingerprint density at radius 2 is 2.00 bits per heavy atom. The van der Waals surface area contributed by atoms with Crippen molar-refractivity contribution >= 4 is 5.97 Å². The molecular weight excluding hydrogens is 195 g/mol. The molecule has 15 heavy (non-hydrogen) atoms. The molecule has 0 amide bonds. The number of methoxy groups -OCH3 is 1. The van der Waals surface area contributed by atoms with E-state index in [-0.39, 0.29) is 17.7 Å². The minimum atomic E-state index is -0.525. The number of rotatable bonds is 2. The first kappa shape index (κ1) is 10.1. The fraction of sp³-hybridized carbons (Fsp3) is 0.417. The van der Waals surface area contributed by atoms with Crippen molar-refractivity contribution in [3.8, 4) is 0 Å². The van der Waals surface area contributed by atoms with Crippen LogP contribution in [0.1, 0.15) is 18.9 Å². The minimum absolute atomic E-state index is 0.221. The molecule has 2 atom stereocenters. The van der Waals surface area contributed by atoms with Crippen molar-refractivity contribution in [2.24, 2.45) is 5.92 Å². The Morgan fingerprint density at radius 3 is 2.40 bits per heavy atom. The SMILES string of the molecule is COC(=O)C1(c2ccc(F)cc2)CC1C. The van der Waals surface area contributed by atoms with Gasteiger partial charge in [-0.1, -0.05) is 19.1 Å². The van der Waals surface area contributed by atoms with Gasteiger partial charge in [-0.3, -0.25) is 4.79 Å². The number of ether oxygens (including phenoxy) is 1. The molecule has 2 rings (SSSR count). The van der Waals surface area contributed by atoms with Crippen LogP contribution in [0.15, 0.2) is 24.3 Å². The zero-order valence-electron chi connectivity index (χ0n) is 8.79. The van der Waals surface area contributed by atoms with Gasteiger partial charge in [-0.2, -0.15) is 0 Å². The second kappa shape index (κ2) is 3.33. The van der Waals surface area contributed by atoms with Crippen LogP contribution in [0.3, 0.4) is 0 Å². The smallest absolute Gasteiger partial charge is 0.316 e. The maximum Gasteiger partial charge on any atom is 0.316 e. The molecule has 1 aromatic carbocycles.